The molecule has 15 N–H and O–H groups in total. The highest BCUT2D eigenvalue weighted by Crippen LogP contribution is 2.44. The normalized spacial score (nSPS) is 23.9. The first kappa shape index (κ1) is 62.0. The fourth-order valence-electron chi connectivity index (χ4n) is 8.76. The number of aliphatic carboxylic acids is 1. The number of anilines is 1. The summed E-state index contributed by atoms with van der Waals surface area (Å²) in [5.74, 6) is -10.6. The molecule has 31 heteroatoms. The van der Waals surface area contributed by atoms with Crippen LogP contribution in [0.1, 0.15) is 58.9 Å². The van der Waals surface area contributed by atoms with Crippen LogP contribution in [0.3, 0.4) is 0 Å². The Labute approximate surface area is 456 Å². The molecule has 2 bridgehead atoms. The van der Waals surface area contributed by atoms with Crippen LogP contribution >= 0.6 is 19.6 Å². The molecule has 2 aromatic rings. The number of carboxylic acid groups (broad SMARTS) is 1. The van der Waals surface area contributed by atoms with Gasteiger partial charge in [0, 0.05) is 43.1 Å². The van der Waals surface area contributed by atoms with Gasteiger partial charge in [-0.25, -0.2) is 4.57 Å². The monoisotopic (exact) mass is 1140 g/mol. The summed E-state index contributed by atoms with van der Waals surface area (Å²) in [6.07, 6.45) is 6.46. The molecule has 1 aromatic heterocycles. The SMILES string of the molecule is C#CC(=O)NC(CNc1cc2c3c([nH]c2cc1OP(=O)(O)O)SC[C@@H]1NC(=O)CNC(=O)[C@H]([C@@H](C)CC)CNC(=O)CNC(=O)[C@H](C3)NC(=O)[C@H]([C@@H](C)CC)NC(=O)[C@@H]2C[C@@H](O)CN2C(=O)[C@H](CC(=O)O)NC1=O)NC(=O)C#C. The zero-order chi connectivity index (χ0) is 58.5. The molecule has 1 saturated heterocycles. The topological polar surface area (TPSA) is 434 Å². The highest BCUT2D eigenvalue weighted by Gasteiger charge is 2.44. The van der Waals surface area contributed by atoms with Crippen molar-refractivity contribution in [3.05, 3.63) is 17.7 Å². The van der Waals surface area contributed by atoms with E-state index in [4.69, 9.17) is 17.4 Å². The fraction of sp³-hybridized carbons (Fsp3) is 0.521. The van der Waals surface area contributed by atoms with E-state index in [0.29, 0.717) is 6.42 Å². The molecule has 428 valence electrons. The van der Waals surface area contributed by atoms with Crippen LogP contribution in [-0.2, 0) is 63.7 Å². The average molecular weight is 1140 g/mol. The van der Waals surface area contributed by atoms with Crippen LogP contribution in [0, 0.1) is 42.4 Å². The Hall–Kier alpha value is -7.89. The van der Waals surface area contributed by atoms with E-state index >= 15 is 0 Å². The first-order valence-corrected chi connectivity index (χ1v) is 27.3. The number of aliphatic hydroxyl groups excluding tert-OH is 1. The van der Waals surface area contributed by atoms with E-state index in [2.05, 4.69) is 58.2 Å². The molecule has 9 atom stereocenters. The van der Waals surface area contributed by atoms with Gasteiger partial charge < -0.3 is 77.8 Å². The number of hydrogen-bond donors (Lipinski definition) is 15. The van der Waals surface area contributed by atoms with Gasteiger partial charge in [0.05, 0.1) is 54.3 Å². The van der Waals surface area contributed by atoms with Gasteiger partial charge in [0.15, 0.2) is 5.75 Å². The number of aliphatic hydroxyl groups is 1. The number of hydrogen-bond acceptors (Lipinski definition) is 16. The fourth-order valence-corrected chi connectivity index (χ4v) is 10.3. The lowest BCUT2D eigenvalue weighted by Crippen LogP contribution is -2.60. The van der Waals surface area contributed by atoms with Crippen molar-refractivity contribution in [3.63, 3.8) is 0 Å². The number of fused-ring (bicyclic) bond motifs is 5. The summed E-state index contributed by atoms with van der Waals surface area (Å²) in [4.78, 5) is 174. The molecule has 4 heterocycles. The lowest BCUT2D eigenvalue weighted by atomic mass is 9.90. The van der Waals surface area contributed by atoms with E-state index in [0.717, 1.165) is 22.7 Å². The molecule has 0 aliphatic carbocycles. The number of aromatic nitrogens is 1. The highest BCUT2D eigenvalue weighted by molar-refractivity contribution is 7.99. The third-order valence-corrected chi connectivity index (χ3v) is 14.9. The number of carboxylic acids is 1. The van der Waals surface area contributed by atoms with Gasteiger partial charge in [-0.2, -0.15) is 0 Å². The number of rotatable bonds is 13. The Morgan fingerprint density at radius 2 is 1.48 bits per heavy atom. The van der Waals surface area contributed by atoms with Gasteiger partial charge >= 0.3 is 13.8 Å². The van der Waals surface area contributed by atoms with Crippen LogP contribution in [0.25, 0.3) is 10.9 Å². The highest BCUT2D eigenvalue weighted by atomic mass is 32.2. The van der Waals surface area contributed by atoms with Gasteiger partial charge in [0.2, 0.25) is 47.3 Å². The van der Waals surface area contributed by atoms with E-state index in [1.54, 1.807) is 39.5 Å². The molecule has 1 fully saturated rings. The van der Waals surface area contributed by atoms with E-state index in [1.807, 2.05) is 0 Å². The van der Waals surface area contributed by atoms with Gasteiger partial charge in [-0.15, -0.1) is 24.6 Å². The molecule has 0 unspecified atom stereocenters. The minimum Gasteiger partial charge on any atom is -0.481 e. The lowest BCUT2D eigenvalue weighted by molar-refractivity contribution is -0.146. The number of carbonyl (C=O) groups excluding carboxylic acids is 10. The van der Waals surface area contributed by atoms with E-state index in [9.17, 15) is 77.3 Å². The molecule has 0 spiro atoms. The Balaban J connectivity index is 1.78. The molecule has 5 rings (SSSR count). The molecule has 0 radical (unpaired) electrons. The lowest BCUT2D eigenvalue weighted by Gasteiger charge is -2.31. The molecular formula is C48H63N12O17PS. The third kappa shape index (κ3) is 17.1. The van der Waals surface area contributed by atoms with Gasteiger partial charge in [-0.05, 0) is 35.3 Å². The molecule has 29 nitrogen and oxygen atoms in total. The van der Waals surface area contributed by atoms with E-state index < -0.39 is 178 Å². The first-order chi connectivity index (χ1) is 37.2. The van der Waals surface area contributed by atoms with Crippen molar-refractivity contribution in [3.8, 4) is 30.4 Å². The number of nitrogens with zero attached hydrogens (tertiary/aromatic N) is 1. The molecule has 79 heavy (non-hydrogen) atoms. The maximum absolute atomic E-state index is 14.7. The van der Waals surface area contributed by atoms with Gasteiger partial charge in [0.25, 0.3) is 11.8 Å². The number of thioether (sulfide) groups is 1. The predicted octanol–water partition coefficient (Wildman–Crippen LogP) is -4.03. The number of carbonyl (C=O) groups is 11. The van der Waals surface area contributed by atoms with Crippen LogP contribution in [0.15, 0.2) is 17.2 Å². The van der Waals surface area contributed by atoms with Crippen LogP contribution in [0.4, 0.5) is 5.69 Å². The second-order valence-electron chi connectivity index (χ2n) is 18.9. The van der Waals surface area contributed by atoms with Crippen LogP contribution in [-0.4, -0.2) is 176 Å². The second kappa shape index (κ2) is 27.6. The zero-order valence-electron chi connectivity index (χ0n) is 43.3. The summed E-state index contributed by atoms with van der Waals surface area (Å²) >= 11 is 0.776. The number of aromatic amines is 1. The van der Waals surface area contributed by atoms with Crippen LogP contribution in [0.5, 0.6) is 5.75 Å². The quantitative estimate of drug-likeness (QED) is 0.0516. The molecule has 10 amide bonds. The molecule has 3 aliphatic heterocycles. The number of H-pyrrole nitrogens is 1. The van der Waals surface area contributed by atoms with Gasteiger partial charge in [-0.3, -0.25) is 62.5 Å². The standard InChI is InChI=1S/C48H63N12O17PS/c1-7-22(5)27-16-50-38(64)18-52-43(69)30-13-26-25-12-29(49-17-35(57-36(62)9-3)58-37(63)10-4)34(77-78(74,75)76)14-28(25)56-47(26)79-21-32(53-39(65)19-51-42(27)68)44(70)55-31(15-40(66)67)48(73)60-20-24(61)11-33(60)45(71)59-41(23(6)8-2)46(72)54-30/h3-4,12,14,22-24,27,30-33,35,41,49,56,61H,7-8,11,13,15-21H2,1-2,5-6H3,(H,50,64)(H,51,68)(H,52,69)(H,53,65)(H,54,72)(H,55,70)(H,57,62)(H,58,63)(H,59,71)(H,66,67)(H2,74,75,76)/t22-,23-,24+,27-,30-,31-,32-,33-,41-/m0/s1. The number of terminal acetylenes is 2. The predicted molar refractivity (Wildman–Crippen MR) is 279 cm³/mol. The minimum atomic E-state index is -5.40. The number of benzene rings is 1. The number of amides is 10. The molecule has 0 saturated carbocycles. The Kier molecular flexibility index (Phi) is 21.7. The smallest absolute Gasteiger partial charge is 0.481 e. The maximum atomic E-state index is 14.7. The molecule has 1 aromatic carbocycles. The number of phosphoric acid groups is 1. The zero-order valence-corrected chi connectivity index (χ0v) is 45.0. The summed E-state index contributed by atoms with van der Waals surface area (Å²) in [6.45, 7) is 4.11. The van der Waals surface area contributed by atoms with Crippen LogP contribution < -0.4 is 57.7 Å². The van der Waals surface area contributed by atoms with Crippen molar-refractivity contribution >= 4 is 101 Å². The Morgan fingerprint density at radius 3 is 2.10 bits per heavy atom. The average Bonchev–Trinajstić information content (AvgIpc) is 4.02. The third-order valence-electron chi connectivity index (χ3n) is 13.3. The Morgan fingerprint density at radius 1 is 0.835 bits per heavy atom. The number of phosphoric ester groups is 1. The van der Waals surface area contributed by atoms with Crippen LogP contribution in [0.2, 0.25) is 0 Å². The van der Waals surface area contributed by atoms with Gasteiger partial charge in [-0.1, -0.05) is 40.5 Å². The second-order valence-corrected chi connectivity index (χ2v) is 21.1. The van der Waals surface area contributed by atoms with Crippen molar-refractivity contribution in [2.24, 2.45) is 17.8 Å². The molecular weight excluding hydrogens is 1080 g/mol. The largest absolute Gasteiger partial charge is 0.524 e. The van der Waals surface area contributed by atoms with Crippen molar-refractivity contribution in [1.29, 1.82) is 0 Å². The summed E-state index contributed by atoms with van der Waals surface area (Å²) in [6, 6.07) is -5.97. The maximum Gasteiger partial charge on any atom is 0.524 e. The Bertz CT molecular complexity index is 2840. The van der Waals surface area contributed by atoms with E-state index in [-0.39, 0.29) is 52.5 Å². The number of nitrogens with one attached hydrogen (secondary N) is 11. The van der Waals surface area contributed by atoms with Crippen molar-refractivity contribution in [2.45, 2.75) is 107 Å². The minimum absolute atomic E-state index is 0.00506. The van der Waals surface area contributed by atoms with Crippen molar-refractivity contribution in [2.75, 3.05) is 43.8 Å². The summed E-state index contributed by atoms with van der Waals surface area (Å²) in [5.41, 5.74) is -0.142. The van der Waals surface area contributed by atoms with Crippen molar-refractivity contribution in [1.82, 2.24) is 57.7 Å². The summed E-state index contributed by atoms with van der Waals surface area (Å²) in [7, 11) is -5.40. The van der Waals surface area contributed by atoms with E-state index in [1.165, 1.54) is 6.07 Å². The van der Waals surface area contributed by atoms with Gasteiger partial charge in [0.1, 0.15) is 36.4 Å². The van der Waals surface area contributed by atoms with Crippen molar-refractivity contribution < 1.29 is 81.8 Å². The summed E-state index contributed by atoms with van der Waals surface area (Å²) < 4.78 is 17.5. The first-order valence-electron chi connectivity index (χ1n) is 24.8. The molecule has 3 aliphatic rings. The summed E-state index contributed by atoms with van der Waals surface area (Å²) in [5, 5.41) is 46.1.